The monoisotopic (exact) mass is 359 g/mol. The van der Waals surface area contributed by atoms with Gasteiger partial charge in [0.2, 0.25) is 0 Å². The Bertz CT molecular complexity index is 717. The van der Waals surface area contributed by atoms with Crippen LogP contribution in [0.1, 0.15) is 17.3 Å². The summed E-state index contributed by atoms with van der Waals surface area (Å²) in [5.74, 6) is -1.18. The third-order valence-electron chi connectivity index (χ3n) is 2.72. The number of nitrogens with one attached hydrogen (secondary N) is 1. The van der Waals surface area contributed by atoms with Crippen LogP contribution in [0.25, 0.3) is 0 Å². The molecule has 116 valence electrons. The molecule has 0 aliphatic rings. The lowest BCUT2D eigenvalue weighted by molar-refractivity contribution is -0.122. The number of hydrogen-bond acceptors (Lipinski definition) is 4. The molecule has 1 heterocycles. The zero-order chi connectivity index (χ0) is 16.3. The van der Waals surface area contributed by atoms with Gasteiger partial charge >= 0.3 is 5.97 Å². The SMILES string of the molecule is CC(Oc1ccc(Cl)c(Cl)c1)C(=O)Nc1cscc1C(=O)O. The molecule has 1 unspecified atom stereocenters. The minimum atomic E-state index is -1.10. The smallest absolute Gasteiger partial charge is 0.338 e. The number of halogens is 2. The molecule has 22 heavy (non-hydrogen) atoms. The van der Waals surface area contributed by atoms with Crippen molar-refractivity contribution in [3.63, 3.8) is 0 Å². The summed E-state index contributed by atoms with van der Waals surface area (Å²) in [6.07, 6.45) is -0.834. The summed E-state index contributed by atoms with van der Waals surface area (Å²) in [7, 11) is 0. The van der Waals surface area contributed by atoms with E-state index in [-0.39, 0.29) is 11.3 Å². The molecule has 0 radical (unpaired) electrons. The second-order valence-corrected chi connectivity index (χ2v) is 5.89. The zero-order valence-corrected chi connectivity index (χ0v) is 13.6. The lowest BCUT2D eigenvalue weighted by atomic mass is 10.2. The Morgan fingerprint density at radius 1 is 1.27 bits per heavy atom. The van der Waals surface area contributed by atoms with E-state index in [1.807, 2.05) is 0 Å². The van der Waals surface area contributed by atoms with Gasteiger partial charge in [0.1, 0.15) is 5.75 Å². The van der Waals surface area contributed by atoms with Crippen molar-refractivity contribution >= 4 is 52.1 Å². The quantitative estimate of drug-likeness (QED) is 0.840. The number of anilines is 1. The van der Waals surface area contributed by atoms with Crippen molar-refractivity contribution in [1.29, 1.82) is 0 Å². The largest absolute Gasteiger partial charge is 0.481 e. The first-order valence-corrected chi connectivity index (χ1v) is 7.80. The molecule has 0 saturated carbocycles. The van der Waals surface area contributed by atoms with E-state index in [1.54, 1.807) is 24.4 Å². The van der Waals surface area contributed by atoms with Crippen LogP contribution in [0.4, 0.5) is 5.69 Å². The van der Waals surface area contributed by atoms with Crippen LogP contribution < -0.4 is 10.1 Å². The minimum Gasteiger partial charge on any atom is -0.481 e. The maximum atomic E-state index is 12.1. The number of rotatable bonds is 5. The molecule has 2 aromatic rings. The summed E-state index contributed by atoms with van der Waals surface area (Å²) in [6.45, 7) is 1.55. The number of carboxylic acids is 1. The second kappa shape index (κ2) is 7.00. The Labute approximate surface area is 140 Å². The number of thiophene rings is 1. The number of hydrogen-bond donors (Lipinski definition) is 2. The fraction of sp³-hybridized carbons (Fsp3) is 0.143. The van der Waals surface area contributed by atoms with Crippen molar-refractivity contribution in [2.45, 2.75) is 13.0 Å². The van der Waals surface area contributed by atoms with Crippen LogP contribution in [0.5, 0.6) is 5.75 Å². The van der Waals surface area contributed by atoms with Crippen LogP contribution in [-0.2, 0) is 4.79 Å². The molecule has 8 heteroatoms. The fourth-order valence-corrected chi connectivity index (χ4v) is 2.64. The van der Waals surface area contributed by atoms with Gasteiger partial charge in [-0.25, -0.2) is 4.79 Å². The van der Waals surface area contributed by atoms with Crippen LogP contribution >= 0.6 is 34.5 Å². The molecular formula is C14H11Cl2NO4S. The van der Waals surface area contributed by atoms with Gasteiger partial charge in [0.25, 0.3) is 5.91 Å². The predicted octanol–water partition coefficient (Wildman–Crippen LogP) is 4.16. The molecule has 0 spiro atoms. The van der Waals surface area contributed by atoms with E-state index >= 15 is 0 Å². The molecule has 2 N–H and O–H groups in total. The Morgan fingerprint density at radius 2 is 2.00 bits per heavy atom. The average molecular weight is 360 g/mol. The molecule has 0 bridgehead atoms. The number of carbonyl (C=O) groups excluding carboxylic acids is 1. The lowest BCUT2D eigenvalue weighted by Crippen LogP contribution is -2.30. The highest BCUT2D eigenvalue weighted by Crippen LogP contribution is 2.27. The Kier molecular flexibility index (Phi) is 5.28. The molecule has 0 saturated heterocycles. The normalized spacial score (nSPS) is 11.8. The van der Waals surface area contributed by atoms with Crippen molar-refractivity contribution in [3.05, 3.63) is 44.6 Å². The summed E-state index contributed by atoms with van der Waals surface area (Å²) in [4.78, 5) is 23.0. The van der Waals surface area contributed by atoms with Crippen LogP contribution in [0, 0.1) is 0 Å². The average Bonchev–Trinajstić information content (AvgIpc) is 2.91. The fourth-order valence-electron chi connectivity index (χ4n) is 1.60. The highest BCUT2D eigenvalue weighted by atomic mass is 35.5. The molecule has 1 aromatic carbocycles. The number of carboxylic acid groups (broad SMARTS) is 1. The maximum absolute atomic E-state index is 12.1. The zero-order valence-electron chi connectivity index (χ0n) is 11.3. The van der Waals surface area contributed by atoms with E-state index in [0.717, 1.165) is 0 Å². The Balaban J connectivity index is 2.04. The molecule has 5 nitrogen and oxygen atoms in total. The number of benzene rings is 1. The van der Waals surface area contributed by atoms with E-state index in [4.69, 9.17) is 33.0 Å². The number of carbonyl (C=O) groups is 2. The topological polar surface area (TPSA) is 75.6 Å². The lowest BCUT2D eigenvalue weighted by Gasteiger charge is -2.15. The van der Waals surface area contributed by atoms with Crippen LogP contribution in [-0.4, -0.2) is 23.1 Å². The van der Waals surface area contributed by atoms with Gasteiger partial charge in [-0.3, -0.25) is 4.79 Å². The van der Waals surface area contributed by atoms with Crippen molar-refractivity contribution in [3.8, 4) is 5.75 Å². The molecular weight excluding hydrogens is 349 g/mol. The van der Waals surface area contributed by atoms with Gasteiger partial charge in [0, 0.05) is 16.8 Å². The van der Waals surface area contributed by atoms with E-state index in [2.05, 4.69) is 5.32 Å². The van der Waals surface area contributed by atoms with Crippen molar-refractivity contribution in [2.75, 3.05) is 5.32 Å². The van der Waals surface area contributed by atoms with Crippen molar-refractivity contribution < 1.29 is 19.4 Å². The molecule has 1 atom stereocenters. The molecule has 2 rings (SSSR count). The standard InChI is InChI=1S/C14H11Cl2NO4S/c1-7(21-8-2-3-10(15)11(16)4-8)13(18)17-12-6-22-5-9(12)14(19)20/h2-7H,1H3,(H,17,18)(H,19,20). The first kappa shape index (κ1) is 16.6. The molecule has 0 aliphatic carbocycles. The third kappa shape index (κ3) is 3.91. The highest BCUT2D eigenvalue weighted by Gasteiger charge is 2.19. The second-order valence-electron chi connectivity index (χ2n) is 4.33. The van der Waals surface area contributed by atoms with E-state index in [1.165, 1.54) is 22.8 Å². The maximum Gasteiger partial charge on any atom is 0.338 e. The summed E-state index contributed by atoms with van der Waals surface area (Å²) in [5, 5.41) is 15.2. The number of ether oxygens (including phenoxy) is 1. The van der Waals surface area contributed by atoms with Gasteiger partial charge in [-0.1, -0.05) is 23.2 Å². The van der Waals surface area contributed by atoms with Gasteiger partial charge in [0.15, 0.2) is 6.10 Å². The molecule has 1 amide bonds. The minimum absolute atomic E-state index is 0.0417. The predicted molar refractivity (Wildman–Crippen MR) is 86.5 cm³/mol. The molecule has 0 aliphatic heterocycles. The van der Waals surface area contributed by atoms with Crippen LogP contribution in [0.15, 0.2) is 29.0 Å². The van der Waals surface area contributed by atoms with Crippen LogP contribution in [0.2, 0.25) is 10.0 Å². The highest BCUT2D eigenvalue weighted by molar-refractivity contribution is 7.08. The van der Waals surface area contributed by atoms with Gasteiger partial charge in [-0.05, 0) is 19.1 Å². The number of amides is 1. The van der Waals surface area contributed by atoms with Crippen molar-refractivity contribution in [1.82, 2.24) is 0 Å². The van der Waals surface area contributed by atoms with Crippen LogP contribution in [0.3, 0.4) is 0 Å². The van der Waals surface area contributed by atoms with Gasteiger partial charge in [-0.2, -0.15) is 0 Å². The Morgan fingerprint density at radius 3 is 2.64 bits per heavy atom. The first-order valence-electron chi connectivity index (χ1n) is 6.10. The summed E-state index contributed by atoms with van der Waals surface area (Å²) in [5.41, 5.74) is 0.284. The Hall–Kier alpha value is -1.76. The van der Waals surface area contributed by atoms with E-state index in [9.17, 15) is 9.59 Å². The summed E-state index contributed by atoms with van der Waals surface area (Å²) < 4.78 is 5.46. The van der Waals surface area contributed by atoms with Gasteiger partial charge < -0.3 is 15.2 Å². The molecule has 0 fully saturated rings. The summed E-state index contributed by atoms with van der Waals surface area (Å²) >= 11 is 12.9. The summed E-state index contributed by atoms with van der Waals surface area (Å²) in [6, 6.07) is 4.65. The van der Waals surface area contributed by atoms with Gasteiger partial charge in [0.05, 0.1) is 21.3 Å². The van der Waals surface area contributed by atoms with Gasteiger partial charge in [-0.15, -0.1) is 11.3 Å². The third-order valence-corrected chi connectivity index (χ3v) is 4.21. The van der Waals surface area contributed by atoms with Crippen molar-refractivity contribution in [2.24, 2.45) is 0 Å². The number of aromatic carboxylic acids is 1. The first-order chi connectivity index (χ1) is 10.4. The molecule has 1 aromatic heterocycles. The van der Waals surface area contributed by atoms with E-state index < -0.39 is 18.0 Å². The van der Waals surface area contributed by atoms with E-state index in [0.29, 0.717) is 15.8 Å².